The average Bonchev–Trinajstić information content (AvgIpc) is 2.12. The van der Waals surface area contributed by atoms with E-state index in [4.69, 9.17) is 4.55 Å². The molecule has 2 amide bonds. The number of nitrogens with zero attached hydrogens (tertiary/aromatic N) is 1. The zero-order valence-electron chi connectivity index (χ0n) is 9.08. The summed E-state index contributed by atoms with van der Waals surface area (Å²) in [5, 5.41) is 2.75. The van der Waals surface area contributed by atoms with E-state index in [9.17, 15) is 18.0 Å². The summed E-state index contributed by atoms with van der Waals surface area (Å²) in [6, 6.07) is -0.586. The molecule has 1 atom stereocenters. The molecule has 16 heavy (non-hydrogen) atoms. The molecule has 1 unspecified atom stereocenters. The van der Waals surface area contributed by atoms with Gasteiger partial charge in [0.1, 0.15) is 0 Å². The maximum absolute atomic E-state index is 10.6. The predicted octanol–water partition coefficient (Wildman–Crippen LogP) is -0.908. The van der Waals surface area contributed by atoms with E-state index in [1.807, 2.05) is 0 Å². The van der Waals surface area contributed by atoms with E-state index in [-0.39, 0.29) is 6.41 Å². The van der Waals surface area contributed by atoms with Crippen molar-refractivity contribution in [3.63, 3.8) is 0 Å². The Kier molecular flexibility index (Phi) is 4.84. The van der Waals surface area contributed by atoms with Crippen LogP contribution in [-0.2, 0) is 24.3 Å². The topological polar surface area (TPSA) is 113 Å². The van der Waals surface area contributed by atoms with Crippen LogP contribution < -0.4 is 5.32 Å². The van der Waals surface area contributed by atoms with Crippen LogP contribution in [0.4, 0.5) is 0 Å². The highest BCUT2D eigenvalue weighted by molar-refractivity contribution is 7.80. The molecule has 0 aromatic carbocycles. The number of nitrogens with one attached hydrogen (secondary N) is 1. The Labute approximate surface area is 93.5 Å². The molecular weight excluding hydrogens is 240 g/mol. The number of amides is 2. The molecule has 0 fully saturated rings. The molecule has 0 aromatic rings. The standard InChI is InChI=1S/C7H14N2O6S/c1-6(8-4-10)7(2,3)9(5-11)15-16(12,13)14/h4-6H,1-3H3,(H,8,10)(H,12,13,14). The number of hydroxylamine groups is 2. The number of carbonyl (C=O) groups excluding carboxylic acids is 2. The highest BCUT2D eigenvalue weighted by Gasteiger charge is 2.35. The van der Waals surface area contributed by atoms with Crippen molar-refractivity contribution in [2.75, 3.05) is 0 Å². The van der Waals surface area contributed by atoms with Gasteiger partial charge < -0.3 is 5.32 Å². The van der Waals surface area contributed by atoms with Gasteiger partial charge in [-0.2, -0.15) is 13.5 Å². The van der Waals surface area contributed by atoms with Crippen molar-refractivity contribution < 1.29 is 26.8 Å². The molecule has 0 saturated carbocycles. The van der Waals surface area contributed by atoms with Gasteiger partial charge in [0.15, 0.2) is 0 Å². The molecular formula is C7H14N2O6S. The normalized spacial score (nSPS) is 14.0. The van der Waals surface area contributed by atoms with Crippen molar-refractivity contribution in [2.45, 2.75) is 32.4 Å². The fraction of sp³-hybridized carbons (Fsp3) is 0.714. The van der Waals surface area contributed by atoms with Gasteiger partial charge in [0.2, 0.25) is 12.8 Å². The third kappa shape index (κ3) is 4.13. The SMILES string of the molecule is CC(NC=O)C(C)(C)N(C=O)OS(=O)(=O)O. The van der Waals surface area contributed by atoms with Gasteiger partial charge in [-0.25, -0.2) is 0 Å². The summed E-state index contributed by atoms with van der Waals surface area (Å²) in [5.41, 5.74) is -1.15. The van der Waals surface area contributed by atoms with Crippen LogP contribution in [0.15, 0.2) is 0 Å². The molecule has 0 aliphatic rings. The first kappa shape index (κ1) is 14.8. The van der Waals surface area contributed by atoms with Crippen LogP contribution in [-0.4, -0.2) is 42.4 Å². The summed E-state index contributed by atoms with van der Waals surface area (Å²) in [6.45, 7) is 4.44. The van der Waals surface area contributed by atoms with E-state index >= 15 is 0 Å². The van der Waals surface area contributed by atoms with E-state index in [0.29, 0.717) is 11.5 Å². The second-order valence-electron chi connectivity index (χ2n) is 3.59. The molecule has 0 bridgehead atoms. The van der Waals surface area contributed by atoms with Crippen molar-refractivity contribution in [2.24, 2.45) is 0 Å². The van der Waals surface area contributed by atoms with E-state index in [1.165, 1.54) is 20.8 Å². The minimum Gasteiger partial charge on any atom is -0.354 e. The lowest BCUT2D eigenvalue weighted by Gasteiger charge is -2.37. The van der Waals surface area contributed by atoms with Gasteiger partial charge in [-0.05, 0) is 20.8 Å². The molecule has 0 heterocycles. The third-order valence-electron chi connectivity index (χ3n) is 2.22. The van der Waals surface area contributed by atoms with Crippen molar-refractivity contribution in [3.8, 4) is 0 Å². The maximum atomic E-state index is 10.6. The largest absolute Gasteiger partial charge is 0.418 e. The van der Waals surface area contributed by atoms with Crippen LogP contribution in [0.3, 0.4) is 0 Å². The van der Waals surface area contributed by atoms with Gasteiger partial charge in [-0.15, -0.1) is 4.28 Å². The molecule has 0 spiro atoms. The van der Waals surface area contributed by atoms with Gasteiger partial charge >= 0.3 is 10.4 Å². The predicted molar refractivity (Wildman–Crippen MR) is 53.3 cm³/mol. The molecule has 0 radical (unpaired) electrons. The number of hydrogen-bond acceptors (Lipinski definition) is 5. The van der Waals surface area contributed by atoms with Gasteiger partial charge in [-0.3, -0.25) is 14.1 Å². The van der Waals surface area contributed by atoms with Crippen molar-refractivity contribution in [1.82, 2.24) is 10.4 Å². The lowest BCUT2D eigenvalue weighted by Crippen LogP contribution is -2.56. The lowest BCUT2D eigenvalue weighted by molar-refractivity contribution is -0.166. The molecule has 0 rings (SSSR count). The summed E-state index contributed by atoms with van der Waals surface area (Å²) >= 11 is 0. The first-order valence-corrected chi connectivity index (χ1v) is 5.63. The quantitative estimate of drug-likeness (QED) is 0.345. The van der Waals surface area contributed by atoms with Crippen LogP contribution in [0, 0.1) is 0 Å². The van der Waals surface area contributed by atoms with Crippen LogP contribution in [0.5, 0.6) is 0 Å². The molecule has 8 nitrogen and oxygen atoms in total. The first-order chi connectivity index (χ1) is 7.15. The summed E-state index contributed by atoms with van der Waals surface area (Å²) < 4.78 is 33.5. The first-order valence-electron chi connectivity index (χ1n) is 4.26. The second-order valence-corrected chi connectivity index (χ2v) is 4.60. The summed E-state index contributed by atoms with van der Waals surface area (Å²) in [5.74, 6) is 0. The molecule has 94 valence electrons. The fourth-order valence-electron chi connectivity index (χ4n) is 0.848. The Hall–Kier alpha value is -1.19. The highest BCUT2D eigenvalue weighted by Crippen LogP contribution is 2.18. The zero-order chi connectivity index (χ0) is 13.0. The van der Waals surface area contributed by atoms with E-state index in [1.54, 1.807) is 0 Å². The van der Waals surface area contributed by atoms with Crippen LogP contribution in [0.1, 0.15) is 20.8 Å². The van der Waals surface area contributed by atoms with Crippen LogP contribution in [0.25, 0.3) is 0 Å². The minimum absolute atomic E-state index is 0.0940. The van der Waals surface area contributed by atoms with E-state index < -0.39 is 22.0 Å². The molecule has 0 saturated heterocycles. The van der Waals surface area contributed by atoms with Crippen LogP contribution >= 0.6 is 0 Å². The molecule has 0 aliphatic heterocycles. The van der Waals surface area contributed by atoms with Gasteiger partial charge in [0.25, 0.3) is 0 Å². The van der Waals surface area contributed by atoms with Gasteiger partial charge in [-0.1, -0.05) is 0 Å². The van der Waals surface area contributed by atoms with E-state index in [2.05, 4.69) is 9.60 Å². The van der Waals surface area contributed by atoms with Crippen LogP contribution in [0.2, 0.25) is 0 Å². The Morgan fingerprint density at radius 3 is 2.25 bits per heavy atom. The molecule has 0 aromatic heterocycles. The molecule has 2 N–H and O–H groups in total. The molecule has 9 heteroatoms. The number of carbonyl (C=O) groups is 2. The zero-order valence-corrected chi connectivity index (χ0v) is 9.89. The maximum Gasteiger partial charge on any atom is 0.418 e. The Morgan fingerprint density at radius 2 is 1.94 bits per heavy atom. The Balaban J connectivity index is 4.92. The van der Waals surface area contributed by atoms with E-state index in [0.717, 1.165) is 0 Å². The summed E-state index contributed by atoms with van der Waals surface area (Å²) in [7, 11) is -4.79. The molecule has 0 aliphatic carbocycles. The number of hydrogen-bond donors (Lipinski definition) is 2. The fourth-order valence-corrected chi connectivity index (χ4v) is 1.28. The Morgan fingerprint density at radius 1 is 1.44 bits per heavy atom. The Bertz CT molecular complexity index is 352. The number of rotatable bonds is 7. The lowest BCUT2D eigenvalue weighted by atomic mass is 9.96. The monoisotopic (exact) mass is 254 g/mol. The minimum atomic E-state index is -4.79. The van der Waals surface area contributed by atoms with Crippen molar-refractivity contribution in [3.05, 3.63) is 0 Å². The van der Waals surface area contributed by atoms with Crippen molar-refractivity contribution >= 4 is 23.2 Å². The highest BCUT2D eigenvalue weighted by atomic mass is 32.3. The third-order valence-corrected chi connectivity index (χ3v) is 2.56. The second kappa shape index (κ2) is 5.23. The summed E-state index contributed by atoms with van der Waals surface area (Å²) in [4.78, 5) is 20.9. The van der Waals surface area contributed by atoms with Gasteiger partial charge in [0.05, 0.1) is 11.6 Å². The van der Waals surface area contributed by atoms with Crippen molar-refractivity contribution in [1.29, 1.82) is 0 Å². The average molecular weight is 254 g/mol. The van der Waals surface area contributed by atoms with Gasteiger partial charge in [0, 0.05) is 0 Å². The summed E-state index contributed by atoms with van der Waals surface area (Å²) in [6.07, 6.45) is 0.500. The smallest absolute Gasteiger partial charge is 0.354 e.